The van der Waals surface area contributed by atoms with Gasteiger partial charge in [-0.1, -0.05) is 24.3 Å². The Morgan fingerprint density at radius 3 is 1.24 bits per heavy atom. The number of halogens is 9. The Morgan fingerprint density at radius 1 is 0.735 bits per heavy atom. The Balaban J connectivity index is 0.000000757. The third-order valence-electron chi connectivity index (χ3n) is 3.27. The van der Waals surface area contributed by atoms with Crippen LogP contribution < -0.4 is 0 Å². The second-order valence-corrected chi connectivity index (χ2v) is 13.2. The van der Waals surface area contributed by atoms with Crippen molar-refractivity contribution >= 4 is 47.1 Å². The molecule has 1 aromatic rings. The molecule has 0 aliphatic heterocycles. The second-order valence-electron chi connectivity index (χ2n) is 5.82. The van der Waals surface area contributed by atoms with Crippen molar-refractivity contribution in [2.75, 3.05) is 6.26 Å². The van der Waals surface area contributed by atoms with Gasteiger partial charge in [-0.3, -0.25) is 30.0 Å². The molecule has 1 rings (SSSR count). The summed E-state index contributed by atoms with van der Waals surface area (Å²) in [6.45, 7) is 1.59. The van der Waals surface area contributed by atoms with E-state index < -0.39 is 50.0 Å². The van der Waals surface area contributed by atoms with Gasteiger partial charge in [0.05, 0.1) is 10.2 Å². The molecule has 1 aromatic carbocycles. The van der Waals surface area contributed by atoms with Gasteiger partial charge in [-0.15, -0.1) is 0 Å². The summed E-state index contributed by atoms with van der Waals surface area (Å²) in [7, 11) is -24.1. The number of rotatable bonds is 6. The standard InChI is InChI=1S/C10H12OS.C4F9O6S3/c1-8(11)10-5-3-9(4-6-10)7-12-2;5-2(6,7)20(14,15)1(21(16,17)3(8,9)10)22(18,19)4(11,12)13/h3-6H,7H2,1-2H3;/q;-1/p+1. The van der Waals surface area contributed by atoms with E-state index in [1.807, 2.05) is 24.3 Å². The number of carbonyl (C=O) groups is 1. The van der Waals surface area contributed by atoms with E-state index >= 15 is 0 Å². The van der Waals surface area contributed by atoms with Crippen molar-refractivity contribution in [3.05, 3.63) is 39.3 Å². The first-order chi connectivity index (χ1) is 14.9. The molecule has 0 heterocycles. The number of sulfone groups is 3. The van der Waals surface area contributed by atoms with E-state index in [0.29, 0.717) is 0 Å². The molecule has 0 spiro atoms. The van der Waals surface area contributed by atoms with Crippen molar-refractivity contribution < 1.29 is 69.6 Å². The lowest BCUT2D eigenvalue weighted by Crippen LogP contribution is -2.47. The van der Waals surface area contributed by atoms with Gasteiger partial charge in [0, 0.05) is 11.1 Å². The van der Waals surface area contributed by atoms with Gasteiger partial charge in [-0.25, -0.2) is 0 Å². The number of benzene rings is 1. The van der Waals surface area contributed by atoms with Crippen molar-refractivity contribution in [2.24, 2.45) is 0 Å². The van der Waals surface area contributed by atoms with Crippen molar-refractivity contribution in [2.45, 2.75) is 29.2 Å². The highest BCUT2D eigenvalue weighted by molar-refractivity contribution is 8.29. The van der Waals surface area contributed by atoms with Gasteiger partial charge in [-0.05, 0) is 18.7 Å². The smallest absolute Gasteiger partial charge is 0.295 e. The monoisotopic (exact) mass is 592 g/mol. The van der Waals surface area contributed by atoms with Crippen molar-refractivity contribution in [3.8, 4) is 0 Å². The number of ketones is 1. The average Bonchev–Trinajstić information content (AvgIpc) is 2.59. The van der Waals surface area contributed by atoms with Gasteiger partial charge in [0.1, 0.15) is 5.75 Å². The van der Waals surface area contributed by atoms with E-state index in [1.54, 1.807) is 6.92 Å². The molecule has 34 heavy (non-hydrogen) atoms. The van der Waals surface area contributed by atoms with Crippen LogP contribution in [0, 0.1) is 3.91 Å². The molecule has 0 N–H and O–H groups in total. The summed E-state index contributed by atoms with van der Waals surface area (Å²) >= 11 is 1.36. The Bertz CT molecular complexity index is 1080. The van der Waals surface area contributed by atoms with Crippen molar-refractivity contribution in [1.29, 1.82) is 0 Å². The van der Waals surface area contributed by atoms with E-state index in [2.05, 4.69) is 6.26 Å². The molecule has 0 aliphatic rings. The fourth-order valence-electron chi connectivity index (χ4n) is 1.74. The normalized spacial score (nSPS) is 13.9. The average molecular weight is 593 g/mol. The predicted octanol–water partition coefficient (Wildman–Crippen LogP) is 3.07. The summed E-state index contributed by atoms with van der Waals surface area (Å²) in [5, 5.41) is 0. The molecule has 0 saturated carbocycles. The van der Waals surface area contributed by atoms with Gasteiger partial charge in [0.15, 0.2) is 35.3 Å². The van der Waals surface area contributed by atoms with Gasteiger partial charge in [0.25, 0.3) is 0 Å². The van der Waals surface area contributed by atoms with Gasteiger partial charge >= 0.3 is 16.5 Å². The topological polar surface area (TPSA) is 119 Å². The molecule has 198 valence electrons. The molecule has 0 aromatic heterocycles. The molecule has 0 fully saturated rings. The fourth-order valence-corrected chi connectivity index (χ4v) is 8.05. The lowest BCUT2D eigenvalue weighted by atomic mass is 10.1. The zero-order chi connectivity index (χ0) is 27.6. The minimum absolute atomic E-state index is 0.135. The van der Waals surface area contributed by atoms with Crippen LogP contribution in [0.4, 0.5) is 39.5 Å². The van der Waals surface area contributed by atoms with Crippen LogP contribution >= 0.6 is 0 Å². The molecular formula is C14H13F9O7S4. The molecule has 0 amide bonds. The minimum atomic E-state index is -8.02. The summed E-state index contributed by atoms with van der Waals surface area (Å²) in [6.07, 6.45) is 2.12. The maximum Gasteiger partial charge on any atom is 0.470 e. The van der Waals surface area contributed by atoms with Gasteiger partial charge < -0.3 is 0 Å². The van der Waals surface area contributed by atoms with Crippen LogP contribution in [0.1, 0.15) is 22.8 Å². The van der Waals surface area contributed by atoms with Gasteiger partial charge in [-0.2, -0.15) is 39.5 Å². The third-order valence-corrected chi connectivity index (χ3v) is 11.0. The summed E-state index contributed by atoms with van der Waals surface area (Å²) < 4.78 is 167. The van der Waals surface area contributed by atoms with E-state index in [9.17, 15) is 69.6 Å². The number of hydrogen-bond donors (Lipinski definition) is 0. The largest absolute Gasteiger partial charge is 0.470 e. The van der Waals surface area contributed by atoms with E-state index in [4.69, 9.17) is 0 Å². The van der Waals surface area contributed by atoms with E-state index in [-0.39, 0.29) is 5.78 Å². The molecule has 0 unspecified atom stereocenters. The summed E-state index contributed by atoms with van der Waals surface area (Å²) in [4.78, 5) is 10.9. The summed E-state index contributed by atoms with van der Waals surface area (Å²) in [5.74, 6) is 1.20. The first-order valence-corrected chi connectivity index (χ1v) is 13.8. The second kappa shape index (κ2) is 10.6. The lowest BCUT2D eigenvalue weighted by molar-refractivity contribution is -0.0471. The van der Waals surface area contributed by atoms with Gasteiger partial charge in [0.2, 0.25) is 0 Å². The quantitative estimate of drug-likeness (QED) is 0.164. The van der Waals surface area contributed by atoms with Crippen LogP contribution in [0.2, 0.25) is 0 Å². The molecule has 0 radical (unpaired) electrons. The number of carbonyl (C=O) groups excluding carboxylic acids is 1. The van der Waals surface area contributed by atoms with Crippen LogP contribution in [-0.2, 0) is 47.0 Å². The molecule has 7 nitrogen and oxygen atoms in total. The van der Waals surface area contributed by atoms with Crippen LogP contribution in [-0.4, -0.2) is 53.8 Å². The zero-order valence-electron chi connectivity index (χ0n) is 16.4. The Morgan fingerprint density at radius 2 is 1.03 bits per heavy atom. The highest BCUT2D eigenvalue weighted by Gasteiger charge is 2.63. The van der Waals surface area contributed by atoms with Crippen molar-refractivity contribution in [1.82, 2.24) is 0 Å². The predicted molar refractivity (Wildman–Crippen MR) is 103 cm³/mol. The molecule has 0 aliphatic carbocycles. The first kappa shape index (κ1) is 32.5. The maximum absolute atomic E-state index is 12.0. The highest BCUT2D eigenvalue weighted by atomic mass is 32.3. The van der Waals surface area contributed by atoms with E-state index in [0.717, 1.165) is 11.3 Å². The lowest BCUT2D eigenvalue weighted by Gasteiger charge is -2.31. The third kappa shape index (κ3) is 7.23. The SMILES string of the molecule is C[SH+]Cc1ccc(C(C)=O)cc1.O=S(=O)([C-](S(=O)(=O)C(F)(F)F)S(=O)(=O)C(F)(F)F)C(F)(F)F. The number of alkyl halides is 9. The summed E-state index contributed by atoms with van der Waals surface area (Å²) in [5.41, 5.74) is -19.1. The maximum atomic E-state index is 12.0. The molecular weight excluding hydrogens is 579 g/mol. The zero-order valence-corrected chi connectivity index (χ0v) is 19.8. The van der Waals surface area contributed by atoms with Crippen LogP contribution in [0.25, 0.3) is 0 Å². The van der Waals surface area contributed by atoms with Crippen molar-refractivity contribution in [3.63, 3.8) is 0 Å². The van der Waals surface area contributed by atoms with Crippen LogP contribution in [0.3, 0.4) is 0 Å². The number of thiol groups is 1. The highest BCUT2D eigenvalue weighted by Crippen LogP contribution is 2.47. The van der Waals surface area contributed by atoms with Crippen LogP contribution in [0.15, 0.2) is 24.3 Å². The Labute approximate surface area is 191 Å². The molecule has 0 bridgehead atoms. The minimum Gasteiger partial charge on any atom is -0.295 e. The Hall–Kier alpha value is -1.54. The molecule has 0 saturated heterocycles. The molecule has 0 atom stereocenters. The Kier molecular flexibility index (Phi) is 10.1. The first-order valence-electron chi connectivity index (χ1n) is 7.82. The number of hydrogen-bond acceptors (Lipinski definition) is 7. The summed E-state index contributed by atoms with van der Waals surface area (Å²) in [6, 6.07) is 7.83. The van der Waals surface area contributed by atoms with Crippen LogP contribution in [0.5, 0.6) is 0 Å². The van der Waals surface area contributed by atoms with E-state index in [1.165, 1.54) is 17.3 Å². The fraction of sp³-hybridized carbons (Fsp3) is 0.429. The molecule has 20 heteroatoms. The number of Topliss-reactive ketones (excluding diaryl/α,β-unsaturated/α-hetero) is 1.